The number of piperidine rings is 1. The van der Waals surface area contributed by atoms with Gasteiger partial charge in [0, 0.05) is 26.4 Å². The van der Waals surface area contributed by atoms with Crippen LogP contribution in [0, 0.1) is 12.8 Å². The van der Waals surface area contributed by atoms with Crippen molar-refractivity contribution in [2.75, 3.05) is 25.1 Å². The van der Waals surface area contributed by atoms with E-state index in [1.807, 2.05) is 13.0 Å². The van der Waals surface area contributed by atoms with E-state index < -0.39 is 0 Å². The number of hydrogen-bond donors (Lipinski definition) is 0. The van der Waals surface area contributed by atoms with E-state index in [4.69, 9.17) is 9.72 Å². The molecular formula is C17H22N8O. The molecular weight excluding hydrogens is 332 g/mol. The van der Waals surface area contributed by atoms with Crippen LogP contribution in [0.25, 0.3) is 17.2 Å². The van der Waals surface area contributed by atoms with E-state index in [0.717, 1.165) is 36.3 Å². The van der Waals surface area contributed by atoms with Crippen molar-refractivity contribution in [2.24, 2.45) is 5.92 Å². The van der Waals surface area contributed by atoms with Crippen LogP contribution in [0.2, 0.25) is 0 Å². The predicted molar refractivity (Wildman–Crippen MR) is 95.7 cm³/mol. The number of rotatable bonds is 4. The first kappa shape index (κ1) is 16.8. The number of nitrogens with zero attached hydrogens (tertiary/aromatic N) is 8. The lowest BCUT2D eigenvalue weighted by Crippen LogP contribution is -2.34. The van der Waals surface area contributed by atoms with Gasteiger partial charge in [-0.25, -0.2) is 9.97 Å². The highest BCUT2D eigenvalue weighted by Crippen LogP contribution is 2.23. The van der Waals surface area contributed by atoms with Crippen LogP contribution in [0.4, 0.5) is 5.95 Å². The van der Waals surface area contributed by atoms with Gasteiger partial charge in [-0.2, -0.15) is 9.50 Å². The summed E-state index contributed by atoms with van der Waals surface area (Å²) in [5.41, 5.74) is 2.26. The fourth-order valence-corrected chi connectivity index (χ4v) is 3.17. The third-order valence-corrected chi connectivity index (χ3v) is 4.76. The summed E-state index contributed by atoms with van der Waals surface area (Å²) in [6.45, 7) is 6.53. The SMILES string of the molecule is COCc1nc2nnc(-c3ccnc(N4CCC(C)CC4)n3)c(C)n2n1. The molecule has 1 aliphatic heterocycles. The fraction of sp³-hybridized carbons (Fsp3) is 0.529. The molecule has 0 saturated carbocycles. The van der Waals surface area contributed by atoms with Gasteiger partial charge in [-0.3, -0.25) is 0 Å². The summed E-state index contributed by atoms with van der Waals surface area (Å²) in [5.74, 6) is 2.54. The lowest BCUT2D eigenvalue weighted by atomic mass is 10.00. The average molecular weight is 354 g/mol. The van der Waals surface area contributed by atoms with Crippen molar-refractivity contribution in [3.63, 3.8) is 0 Å². The second kappa shape index (κ2) is 6.91. The summed E-state index contributed by atoms with van der Waals surface area (Å²) in [6.07, 6.45) is 4.11. The lowest BCUT2D eigenvalue weighted by Gasteiger charge is -2.30. The fourth-order valence-electron chi connectivity index (χ4n) is 3.17. The van der Waals surface area contributed by atoms with Gasteiger partial charge in [-0.15, -0.1) is 15.3 Å². The van der Waals surface area contributed by atoms with Crippen molar-refractivity contribution in [3.05, 3.63) is 23.8 Å². The molecule has 0 N–H and O–H groups in total. The molecule has 4 heterocycles. The summed E-state index contributed by atoms with van der Waals surface area (Å²) in [4.78, 5) is 15.7. The monoisotopic (exact) mass is 354 g/mol. The Balaban J connectivity index is 1.69. The highest BCUT2D eigenvalue weighted by molar-refractivity contribution is 5.58. The Morgan fingerprint density at radius 3 is 2.77 bits per heavy atom. The molecule has 1 fully saturated rings. The van der Waals surface area contributed by atoms with Crippen LogP contribution in [0.3, 0.4) is 0 Å². The van der Waals surface area contributed by atoms with Crippen molar-refractivity contribution in [3.8, 4) is 11.4 Å². The summed E-state index contributed by atoms with van der Waals surface area (Å²) in [5, 5.41) is 12.9. The molecule has 0 bridgehead atoms. The summed E-state index contributed by atoms with van der Waals surface area (Å²) in [7, 11) is 1.61. The summed E-state index contributed by atoms with van der Waals surface area (Å²) >= 11 is 0. The Bertz CT molecular complexity index is 916. The van der Waals surface area contributed by atoms with E-state index in [-0.39, 0.29) is 0 Å². The molecule has 136 valence electrons. The number of fused-ring (bicyclic) bond motifs is 1. The molecule has 4 rings (SSSR count). The molecule has 0 unspecified atom stereocenters. The maximum absolute atomic E-state index is 5.09. The number of hydrogen-bond acceptors (Lipinski definition) is 8. The number of anilines is 1. The van der Waals surface area contributed by atoms with Crippen molar-refractivity contribution in [1.29, 1.82) is 0 Å². The van der Waals surface area contributed by atoms with Crippen LogP contribution >= 0.6 is 0 Å². The van der Waals surface area contributed by atoms with Crippen LogP contribution in [0.1, 0.15) is 31.3 Å². The van der Waals surface area contributed by atoms with Gasteiger partial charge in [0.15, 0.2) is 5.82 Å². The molecule has 0 radical (unpaired) electrons. The van der Waals surface area contributed by atoms with Crippen LogP contribution in [0.15, 0.2) is 12.3 Å². The summed E-state index contributed by atoms with van der Waals surface area (Å²) < 4.78 is 6.77. The molecule has 3 aromatic heterocycles. The predicted octanol–water partition coefficient (Wildman–Crippen LogP) is 1.67. The first-order valence-electron chi connectivity index (χ1n) is 8.82. The van der Waals surface area contributed by atoms with Crippen LogP contribution in [-0.2, 0) is 11.3 Å². The zero-order valence-corrected chi connectivity index (χ0v) is 15.3. The van der Waals surface area contributed by atoms with E-state index >= 15 is 0 Å². The molecule has 26 heavy (non-hydrogen) atoms. The minimum atomic E-state index is 0.336. The van der Waals surface area contributed by atoms with Crippen LogP contribution in [-0.4, -0.2) is 55.0 Å². The van der Waals surface area contributed by atoms with Gasteiger partial charge >= 0.3 is 0 Å². The minimum Gasteiger partial charge on any atom is -0.377 e. The second-order valence-corrected chi connectivity index (χ2v) is 6.72. The molecule has 0 atom stereocenters. The Morgan fingerprint density at radius 1 is 1.19 bits per heavy atom. The number of ether oxygens (including phenoxy) is 1. The molecule has 0 aliphatic carbocycles. The zero-order chi connectivity index (χ0) is 18.1. The van der Waals surface area contributed by atoms with Gasteiger partial charge in [0.2, 0.25) is 5.95 Å². The van der Waals surface area contributed by atoms with Gasteiger partial charge < -0.3 is 9.64 Å². The maximum atomic E-state index is 5.09. The number of aryl methyl sites for hydroxylation is 1. The molecule has 9 heteroatoms. The molecule has 9 nitrogen and oxygen atoms in total. The lowest BCUT2D eigenvalue weighted by molar-refractivity contribution is 0.178. The van der Waals surface area contributed by atoms with Gasteiger partial charge in [0.1, 0.15) is 12.3 Å². The first-order chi connectivity index (χ1) is 12.7. The molecule has 0 aromatic carbocycles. The Labute approximate surface area is 151 Å². The quantitative estimate of drug-likeness (QED) is 0.698. The van der Waals surface area contributed by atoms with E-state index in [0.29, 0.717) is 23.9 Å². The number of aromatic nitrogens is 7. The summed E-state index contributed by atoms with van der Waals surface area (Å²) in [6, 6.07) is 1.85. The average Bonchev–Trinajstić information content (AvgIpc) is 3.07. The normalized spacial score (nSPS) is 15.7. The standard InChI is InChI=1S/C17H22N8O/c1-11-5-8-24(9-6-11)16-18-7-4-13(19-16)15-12(2)25-17(22-21-15)20-14(23-25)10-26-3/h4,7,11H,5-6,8-10H2,1-3H3. The van der Waals surface area contributed by atoms with E-state index in [9.17, 15) is 0 Å². The molecule has 3 aromatic rings. The Hall–Kier alpha value is -2.68. The largest absolute Gasteiger partial charge is 0.377 e. The Morgan fingerprint density at radius 2 is 2.00 bits per heavy atom. The third-order valence-electron chi connectivity index (χ3n) is 4.76. The second-order valence-electron chi connectivity index (χ2n) is 6.72. The molecule has 1 saturated heterocycles. The van der Waals surface area contributed by atoms with E-state index in [1.165, 1.54) is 12.8 Å². The van der Waals surface area contributed by atoms with Crippen molar-refractivity contribution in [1.82, 2.24) is 34.8 Å². The van der Waals surface area contributed by atoms with Gasteiger partial charge in [0.25, 0.3) is 5.78 Å². The highest BCUT2D eigenvalue weighted by atomic mass is 16.5. The van der Waals surface area contributed by atoms with E-state index in [1.54, 1.807) is 17.8 Å². The third kappa shape index (κ3) is 3.10. The topological polar surface area (TPSA) is 94.2 Å². The molecule has 0 amide bonds. The highest BCUT2D eigenvalue weighted by Gasteiger charge is 2.20. The van der Waals surface area contributed by atoms with Crippen LogP contribution in [0.5, 0.6) is 0 Å². The van der Waals surface area contributed by atoms with Gasteiger partial charge in [-0.05, 0) is 31.7 Å². The molecule has 0 spiro atoms. The first-order valence-corrected chi connectivity index (χ1v) is 8.82. The van der Waals surface area contributed by atoms with Crippen LogP contribution < -0.4 is 4.90 Å². The van der Waals surface area contributed by atoms with Crippen molar-refractivity contribution < 1.29 is 4.74 Å². The van der Waals surface area contributed by atoms with Gasteiger partial charge in [0.05, 0.1) is 11.4 Å². The molecule has 1 aliphatic rings. The zero-order valence-electron chi connectivity index (χ0n) is 15.3. The van der Waals surface area contributed by atoms with Gasteiger partial charge in [-0.1, -0.05) is 6.92 Å². The minimum absolute atomic E-state index is 0.336. The maximum Gasteiger partial charge on any atom is 0.272 e. The van der Waals surface area contributed by atoms with Crippen molar-refractivity contribution >= 4 is 11.7 Å². The van der Waals surface area contributed by atoms with Crippen molar-refractivity contribution in [2.45, 2.75) is 33.3 Å². The van der Waals surface area contributed by atoms with E-state index in [2.05, 4.69) is 37.1 Å². The smallest absolute Gasteiger partial charge is 0.272 e. The number of methoxy groups -OCH3 is 1. The Kier molecular flexibility index (Phi) is 4.46.